The zero-order chi connectivity index (χ0) is 23.8. The lowest BCUT2D eigenvalue weighted by Gasteiger charge is -2.11. The molecule has 174 valence electrons. The molecule has 4 rings (SSSR count). The largest absolute Gasteiger partial charge is 0.497 e. The predicted molar refractivity (Wildman–Crippen MR) is 133 cm³/mol. The minimum Gasteiger partial charge on any atom is -0.497 e. The van der Waals surface area contributed by atoms with Gasteiger partial charge in [-0.2, -0.15) is 0 Å². The van der Waals surface area contributed by atoms with Crippen molar-refractivity contribution in [3.63, 3.8) is 0 Å². The summed E-state index contributed by atoms with van der Waals surface area (Å²) in [6, 6.07) is 20.5. The maximum atomic E-state index is 12.6. The van der Waals surface area contributed by atoms with Crippen LogP contribution in [0.3, 0.4) is 0 Å². The molecule has 0 saturated carbocycles. The van der Waals surface area contributed by atoms with Crippen molar-refractivity contribution in [2.24, 2.45) is 0 Å². The summed E-state index contributed by atoms with van der Waals surface area (Å²) in [6.07, 6.45) is 0. The zero-order valence-corrected chi connectivity index (χ0v) is 20.1. The molecule has 2 amide bonds. The van der Waals surface area contributed by atoms with Crippen molar-refractivity contribution < 1.29 is 14.3 Å². The van der Waals surface area contributed by atoms with Crippen molar-refractivity contribution in [2.75, 3.05) is 18.2 Å². The lowest BCUT2D eigenvalue weighted by Crippen LogP contribution is -2.25. The van der Waals surface area contributed by atoms with E-state index in [0.29, 0.717) is 28.8 Å². The number of hydrogen-bond donors (Lipinski definition) is 2. The van der Waals surface area contributed by atoms with E-state index < -0.39 is 0 Å². The molecule has 0 fully saturated rings. The number of carbonyl (C=O) groups is 2. The SMILES string of the molecule is COc1ccc(C(=O)NCc2nnc(SCC(=O)Nc3cccs3)n2Cc2ccccc2)cc1. The Morgan fingerprint density at radius 1 is 1.03 bits per heavy atom. The molecule has 0 aliphatic carbocycles. The van der Waals surface area contributed by atoms with Crippen LogP contribution in [-0.4, -0.2) is 39.4 Å². The number of hydrogen-bond acceptors (Lipinski definition) is 7. The molecule has 34 heavy (non-hydrogen) atoms. The quantitative estimate of drug-likeness (QED) is 0.323. The second-order valence-electron chi connectivity index (χ2n) is 7.20. The molecule has 10 heteroatoms. The van der Waals surface area contributed by atoms with Crippen LogP contribution < -0.4 is 15.4 Å². The second-order valence-corrected chi connectivity index (χ2v) is 9.09. The van der Waals surface area contributed by atoms with Crippen molar-refractivity contribution in [3.05, 3.63) is 89.1 Å². The van der Waals surface area contributed by atoms with Crippen LogP contribution in [-0.2, 0) is 17.9 Å². The average molecular weight is 494 g/mol. The zero-order valence-electron chi connectivity index (χ0n) is 18.4. The van der Waals surface area contributed by atoms with Gasteiger partial charge in [0.25, 0.3) is 5.91 Å². The molecule has 2 aromatic heterocycles. The van der Waals surface area contributed by atoms with Crippen molar-refractivity contribution in [1.29, 1.82) is 0 Å². The highest BCUT2D eigenvalue weighted by Gasteiger charge is 2.16. The van der Waals surface area contributed by atoms with Gasteiger partial charge in [0.05, 0.1) is 31.0 Å². The molecule has 4 aromatic rings. The summed E-state index contributed by atoms with van der Waals surface area (Å²) in [5.74, 6) is 1.15. The van der Waals surface area contributed by atoms with Gasteiger partial charge in [-0.25, -0.2) is 0 Å². The minimum atomic E-state index is -0.221. The molecule has 8 nitrogen and oxygen atoms in total. The Morgan fingerprint density at radius 3 is 2.53 bits per heavy atom. The Kier molecular flexibility index (Phi) is 7.95. The van der Waals surface area contributed by atoms with E-state index in [1.807, 2.05) is 52.4 Å². The van der Waals surface area contributed by atoms with Crippen LogP contribution >= 0.6 is 23.1 Å². The van der Waals surface area contributed by atoms with Gasteiger partial charge in [-0.05, 0) is 47.3 Å². The lowest BCUT2D eigenvalue weighted by molar-refractivity contribution is -0.113. The number of nitrogens with zero attached hydrogens (tertiary/aromatic N) is 3. The van der Waals surface area contributed by atoms with Crippen molar-refractivity contribution in [3.8, 4) is 5.75 Å². The second kappa shape index (κ2) is 11.5. The number of carbonyl (C=O) groups excluding carboxylic acids is 2. The predicted octanol–water partition coefficient (Wildman–Crippen LogP) is 4.06. The third-order valence-corrected chi connectivity index (χ3v) is 6.60. The maximum Gasteiger partial charge on any atom is 0.251 e. The summed E-state index contributed by atoms with van der Waals surface area (Å²) in [4.78, 5) is 24.9. The number of methoxy groups -OCH3 is 1. The first-order valence-electron chi connectivity index (χ1n) is 10.5. The Labute approximate surface area is 205 Å². The summed E-state index contributed by atoms with van der Waals surface area (Å²) in [5.41, 5.74) is 1.59. The van der Waals surface area contributed by atoms with Crippen molar-refractivity contribution in [2.45, 2.75) is 18.2 Å². The van der Waals surface area contributed by atoms with Gasteiger partial charge in [0.1, 0.15) is 5.75 Å². The molecular weight excluding hydrogens is 470 g/mol. The molecule has 0 saturated heterocycles. The van der Waals surface area contributed by atoms with Crippen LogP contribution in [0.1, 0.15) is 21.7 Å². The maximum absolute atomic E-state index is 12.6. The van der Waals surface area contributed by atoms with Gasteiger partial charge in [-0.15, -0.1) is 21.5 Å². The molecule has 0 unspecified atom stereocenters. The van der Waals surface area contributed by atoms with Crippen LogP contribution in [0.15, 0.2) is 77.3 Å². The number of benzene rings is 2. The molecular formula is C24H23N5O3S2. The van der Waals surface area contributed by atoms with E-state index in [1.54, 1.807) is 31.4 Å². The topological polar surface area (TPSA) is 98.1 Å². The lowest BCUT2D eigenvalue weighted by atomic mass is 10.2. The molecule has 0 atom stereocenters. The van der Waals surface area contributed by atoms with Crippen LogP contribution in [0.25, 0.3) is 0 Å². The minimum absolute atomic E-state index is 0.115. The van der Waals surface area contributed by atoms with Gasteiger partial charge < -0.3 is 19.9 Å². The molecule has 0 aliphatic heterocycles. The van der Waals surface area contributed by atoms with Gasteiger partial charge in [-0.3, -0.25) is 9.59 Å². The van der Waals surface area contributed by atoms with Crippen molar-refractivity contribution >= 4 is 39.9 Å². The van der Waals surface area contributed by atoms with Gasteiger partial charge in [0, 0.05) is 5.56 Å². The monoisotopic (exact) mass is 493 g/mol. The number of thiophene rings is 1. The fourth-order valence-corrected chi connectivity index (χ4v) is 4.53. The summed E-state index contributed by atoms with van der Waals surface area (Å²) in [5, 5.41) is 17.7. The number of aromatic nitrogens is 3. The first kappa shape index (κ1) is 23.5. The molecule has 2 N–H and O–H groups in total. The number of thioether (sulfide) groups is 1. The summed E-state index contributed by atoms with van der Waals surface area (Å²) < 4.78 is 7.06. The van der Waals surface area contributed by atoms with Gasteiger partial charge in [-0.1, -0.05) is 42.1 Å². The Hall–Kier alpha value is -3.63. The van der Waals surface area contributed by atoms with Gasteiger partial charge in [0.2, 0.25) is 5.91 Å². The summed E-state index contributed by atoms with van der Waals surface area (Å²) in [7, 11) is 1.58. The highest BCUT2D eigenvalue weighted by atomic mass is 32.2. The van der Waals surface area contributed by atoms with Crippen LogP contribution in [0.5, 0.6) is 5.75 Å². The van der Waals surface area contributed by atoms with Crippen LogP contribution in [0, 0.1) is 0 Å². The number of amides is 2. The molecule has 0 radical (unpaired) electrons. The van der Waals surface area contributed by atoms with Crippen LogP contribution in [0.2, 0.25) is 0 Å². The number of ether oxygens (including phenoxy) is 1. The third-order valence-electron chi connectivity index (χ3n) is 4.85. The number of anilines is 1. The summed E-state index contributed by atoms with van der Waals surface area (Å²) in [6.45, 7) is 0.725. The highest BCUT2D eigenvalue weighted by molar-refractivity contribution is 7.99. The van der Waals surface area contributed by atoms with E-state index >= 15 is 0 Å². The van der Waals surface area contributed by atoms with E-state index in [0.717, 1.165) is 10.6 Å². The summed E-state index contributed by atoms with van der Waals surface area (Å²) >= 11 is 2.78. The number of rotatable bonds is 10. The first-order chi connectivity index (χ1) is 16.6. The van der Waals surface area contributed by atoms with Crippen molar-refractivity contribution in [1.82, 2.24) is 20.1 Å². The molecule has 0 spiro atoms. The fraction of sp³-hybridized carbons (Fsp3) is 0.167. The van der Waals surface area contributed by atoms with E-state index in [9.17, 15) is 9.59 Å². The van der Waals surface area contributed by atoms with Gasteiger partial charge in [0.15, 0.2) is 11.0 Å². The standard InChI is InChI=1S/C24H23N5O3S2/c1-32-19-11-9-18(10-12-19)23(31)25-14-20-27-28-24(29(20)15-17-6-3-2-4-7-17)34-16-21(30)26-22-8-5-13-33-22/h2-13H,14-16H2,1H3,(H,25,31)(H,26,30). The van der Waals surface area contributed by atoms with E-state index in [2.05, 4.69) is 20.8 Å². The van der Waals surface area contributed by atoms with Crippen LogP contribution in [0.4, 0.5) is 5.00 Å². The molecule has 2 aromatic carbocycles. The fourth-order valence-electron chi connectivity index (χ4n) is 3.14. The number of nitrogens with one attached hydrogen (secondary N) is 2. The third kappa shape index (κ3) is 6.24. The molecule has 0 bridgehead atoms. The Balaban J connectivity index is 1.45. The normalized spacial score (nSPS) is 10.6. The van der Waals surface area contributed by atoms with E-state index in [4.69, 9.17) is 4.74 Å². The van der Waals surface area contributed by atoms with Gasteiger partial charge >= 0.3 is 0 Å². The smallest absolute Gasteiger partial charge is 0.251 e. The Morgan fingerprint density at radius 2 is 1.82 bits per heavy atom. The first-order valence-corrected chi connectivity index (χ1v) is 12.3. The Bertz CT molecular complexity index is 1230. The highest BCUT2D eigenvalue weighted by Crippen LogP contribution is 2.21. The van der Waals surface area contributed by atoms with E-state index in [-0.39, 0.29) is 24.1 Å². The van der Waals surface area contributed by atoms with E-state index in [1.165, 1.54) is 23.1 Å². The molecule has 2 heterocycles. The average Bonchev–Trinajstić information content (AvgIpc) is 3.52. The molecule has 0 aliphatic rings.